The summed E-state index contributed by atoms with van der Waals surface area (Å²) in [4.78, 5) is 3.97. The molecule has 3 atom stereocenters. The van der Waals surface area contributed by atoms with Crippen LogP contribution in [0.2, 0.25) is 0 Å². The molecule has 112 valence electrons. The molecule has 0 bridgehead atoms. The Bertz CT molecular complexity index is 547. The van der Waals surface area contributed by atoms with E-state index in [0.29, 0.717) is 6.04 Å². The summed E-state index contributed by atoms with van der Waals surface area (Å²) in [5.41, 5.74) is 2.47. The monoisotopic (exact) mass is 284 g/mol. The van der Waals surface area contributed by atoms with Crippen molar-refractivity contribution in [2.45, 2.75) is 45.7 Å². The number of anilines is 1. The van der Waals surface area contributed by atoms with Crippen LogP contribution in [0.1, 0.15) is 38.7 Å². The number of aromatic nitrogens is 3. The highest BCUT2D eigenvalue weighted by Gasteiger charge is 2.26. The van der Waals surface area contributed by atoms with E-state index in [4.69, 9.17) is 0 Å². The zero-order valence-electron chi connectivity index (χ0n) is 12.9. The molecule has 4 heteroatoms. The van der Waals surface area contributed by atoms with Gasteiger partial charge in [0.2, 0.25) is 0 Å². The van der Waals surface area contributed by atoms with Crippen molar-refractivity contribution < 1.29 is 0 Å². The highest BCUT2D eigenvalue weighted by Crippen LogP contribution is 2.31. The van der Waals surface area contributed by atoms with E-state index < -0.39 is 0 Å². The van der Waals surface area contributed by atoms with Gasteiger partial charge >= 0.3 is 0 Å². The van der Waals surface area contributed by atoms with Gasteiger partial charge in [0.05, 0.1) is 6.54 Å². The first-order valence-corrected chi connectivity index (χ1v) is 7.90. The second kappa shape index (κ2) is 6.29. The fourth-order valence-corrected chi connectivity index (χ4v) is 3.21. The predicted octanol–water partition coefficient (Wildman–Crippen LogP) is 3.56. The molecule has 4 nitrogen and oxygen atoms in total. The smallest absolute Gasteiger partial charge is 0.137 e. The van der Waals surface area contributed by atoms with Crippen LogP contribution < -0.4 is 5.32 Å². The molecule has 0 spiro atoms. The van der Waals surface area contributed by atoms with E-state index in [1.807, 2.05) is 4.68 Å². The standard InChI is InChI=1S/C17H24N4/c1-13-4-3-5-17(14(13)2)20-16-8-6-15(7-9-16)10-21-12-18-11-19-21/h6-9,11-14,17,20H,3-5,10H2,1-2H3. The largest absolute Gasteiger partial charge is 0.382 e. The summed E-state index contributed by atoms with van der Waals surface area (Å²) in [6, 6.07) is 9.30. The first-order valence-electron chi connectivity index (χ1n) is 7.90. The molecule has 0 amide bonds. The van der Waals surface area contributed by atoms with Crippen molar-refractivity contribution in [2.24, 2.45) is 11.8 Å². The summed E-state index contributed by atoms with van der Waals surface area (Å²) in [7, 11) is 0. The molecular formula is C17H24N4. The van der Waals surface area contributed by atoms with Crippen molar-refractivity contribution in [3.63, 3.8) is 0 Å². The van der Waals surface area contributed by atoms with Gasteiger partial charge in [-0.1, -0.05) is 38.8 Å². The van der Waals surface area contributed by atoms with Crippen molar-refractivity contribution in [2.75, 3.05) is 5.32 Å². The second-order valence-electron chi connectivity index (χ2n) is 6.31. The molecule has 2 aromatic rings. The number of rotatable bonds is 4. The minimum Gasteiger partial charge on any atom is -0.382 e. The molecule has 3 unspecified atom stereocenters. The lowest BCUT2D eigenvalue weighted by Gasteiger charge is -2.35. The molecule has 3 rings (SSSR count). The lowest BCUT2D eigenvalue weighted by atomic mass is 9.78. The Hall–Kier alpha value is -1.84. The van der Waals surface area contributed by atoms with Gasteiger partial charge in [-0.25, -0.2) is 9.67 Å². The predicted molar refractivity (Wildman–Crippen MR) is 85.2 cm³/mol. The molecule has 1 aliphatic carbocycles. The van der Waals surface area contributed by atoms with E-state index in [1.165, 1.54) is 30.5 Å². The van der Waals surface area contributed by atoms with Crippen LogP contribution in [0, 0.1) is 11.8 Å². The van der Waals surface area contributed by atoms with E-state index in [1.54, 1.807) is 12.7 Å². The SMILES string of the molecule is CC1CCCC(Nc2ccc(Cn3cncn3)cc2)C1C. The van der Waals surface area contributed by atoms with Crippen LogP contribution in [0.15, 0.2) is 36.9 Å². The molecule has 1 aromatic heterocycles. The molecule has 0 aliphatic heterocycles. The van der Waals surface area contributed by atoms with E-state index in [2.05, 4.69) is 53.5 Å². The van der Waals surface area contributed by atoms with Crippen LogP contribution in [-0.4, -0.2) is 20.8 Å². The number of hydrogen-bond acceptors (Lipinski definition) is 3. The van der Waals surface area contributed by atoms with Crippen molar-refractivity contribution in [1.82, 2.24) is 14.8 Å². The molecule has 1 N–H and O–H groups in total. The summed E-state index contributed by atoms with van der Waals surface area (Å²) >= 11 is 0. The van der Waals surface area contributed by atoms with Crippen molar-refractivity contribution in [3.8, 4) is 0 Å². The molecule has 1 fully saturated rings. The van der Waals surface area contributed by atoms with Crippen LogP contribution in [0.4, 0.5) is 5.69 Å². The topological polar surface area (TPSA) is 42.7 Å². The van der Waals surface area contributed by atoms with Crippen LogP contribution >= 0.6 is 0 Å². The first-order chi connectivity index (χ1) is 10.2. The highest BCUT2D eigenvalue weighted by atomic mass is 15.3. The summed E-state index contributed by atoms with van der Waals surface area (Å²) in [5, 5.41) is 7.85. The van der Waals surface area contributed by atoms with Gasteiger partial charge in [-0.05, 0) is 36.0 Å². The van der Waals surface area contributed by atoms with Gasteiger partial charge in [0, 0.05) is 11.7 Å². The Morgan fingerprint density at radius 1 is 1.19 bits per heavy atom. The summed E-state index contributed by atoms with van der Waals surface area (Å²) in [5.74, 6) is 1.57. The van der Waals surface area contributed by atoms with E-state index in [0.717, 1.165) is 18.4 Å². The normalized spacial score (nSPS) is 25.7. The maximum absolute atomic E-state index is 4.14. The Morgan fingerprint density at radius 3 is 2.71 bits per heavy atom. The maximum Gasteiger partial charge on any atom is 0.137 e. The van der Waals surface area contributed by atoms with Crippen LogP contribution in [0.25, 0.3) is 0 Å². The molecule has 21 heavy (non-hydrogen) atoms. The van der Waals surface area contributed by atoms with Gasteiger partial charge in [-0.3, -0.25) is 0 Å². The Morgan fingerprint density at radius 2 is 2.00 bits per heavy atom. The highest BCUT2D eigenvalue weighted by molar-refractivity contribution is 5.45. The van der Waals surface area contributed by atoms with Gasteiger partial charge in [0.15, 0.2) is 0 Å². The van der Waals surface area contributed by atoms with Gasteiger partial charge in [0.25, 0.3) is 0 Å². The van der Waals surface area contributed by atoms with Crippen LogP contribution in [0.5, 0.6) is 0 Å². The summed E-state index contributed by atoms with van der Waals surface area (Å²) in [6.45, 7) is 5.53. The maximum atomic E-state index is 4.14. The lowest BCUT2D eigenvalue weighted by molar-refractivity contribution is 0.253. The quantitative estimate of drug-likeness (QED) is 0.933. The molecule has 1 heterocycles. The van der Waals surface area contributed by atoms with Crippen molar-refractivity contribution >= 4 is 5.69 Å². The summed E-state index contributed by atoms with van der Waals surface area (Å²) in [6.07, 6.45) is 7.31. The fourth-order valence-electron chi connectivity index (χ4n) is 3.21. The van der Waals surface area contributed by atoms with Gasteiger partial charge < -0.3 is 5.32 Å². The Kier molecular flexibility index (Phi) is 4.23. The molecule has 1 saturated carbocycles. The fraction of sp³-hybridized carbons (Fsp3) is 0.529. The minimum absolute atomic E-state index is 0.606. The third kappa shape index (κ3) is 3.43. The molecule has 1 aliphatic rings. The second-order valence-corrected chi connectivity index (χ2v) is 6.31. The average molecular weight is 284 g/mol. The molecular weight excluding hydrogens is 260 g/mol. The van der Waals surface area contributed by atoms with Gasteiger partial charge in [0.1, 0.15) is 12.7 Å². The number of nitrogens with zero attached hydrogens (tertiary/aromatic N) is 3. The van der Waals surface area contributed by atoms with Gasteiger partial charge in [-0.2, -0.15) is 5.10 Å². The zero-order chi connectivity index (χ0) is 14.7. The number of hydrogen-bond donors (Lipinski definition) is 1. The summed E-state index contributed by atoms with van der Waals surface area (Å²) < 4.78 is 1.84. The van der Waals surface area contributed by atoms with E-state index in [-0.39, 0.29) is 0 Å². The van der Waals surface area contributed by atoms with E-state index in [9.17, 15) is 0 Å². The minimum atomic E-state index is 0.606. The van der Waals surface area contributed by atoms with Crippen LogP contribution in [0.3, 0.4) is 0 Å². The molecule has 1 aromatic carbocycles. The number of benzene rings is 1. The zero-order valence-corrected chi connectivity index (χ0v) is 12.9. The average Bonchev–Trinajstić information content (AvgIpc) is 2.99. The lowest BCUT2D eigenvalue weighted by Crippen LogP contribution is -2.34. The molecule has 0 saturated heterocycles. The van der Waals surface area contributed by atoms with Crippen molar-refractivity contribution in [1.29, 1.82) is 0 Å². The Balaban J connectivity index is 1.61. The molecule has 0 radical (unpaired) electrons. The van der Waals surface area contributed by atoms with E-state index >= 15 is 0 Å². The Labute approximate surface area is 126 Å². The number of nitrogens with one attached hydrogen (secondary N) is 1. The third-order valence-corrected chi connectivity index (χ3v) is 4.82. The van der Waals surface area contributed by atoms with Gasteiger partial charge in [-0.15, -0.1) is 0 Å². The van der Waals surface area contributed by atoms with Crippen LogP contribution in [-0.2, 0) is 6.54 Å². The first kappa shape index (κ1) is 14.1. The third-order valence-electron chi connectivity index (χ3n) is 4.82. The van der Waals surface area contributed by atoms with Crippen molar-refractivity contribution in [3.05, 3.63) is 42.5 Å².